The standard InChI is InChI=1S/C20H23N3O5/c1-5-23-17-15(7-6-10-21-17)28-20(2,19(23)25)18(24)22-12-13-8-9-14(26-3)16(11-13)27-4/h6-11H,5,12H2,1-4H3,(H,22,24)/t20-/m0/s1. The maximum absolute atomic E-state index is 12.9. The Kier molecular flexibility index (Phi) is 5.39. The molecule has 28 heavy (non-hydrogen) atoms. The SMILES string of the molecule is CCN1C(=O)[C@](C)(C(=O)NCc2ccc(OC)c(OC)c2)Oc2cccnc21. The number of nitrogens with one attached hydrogen (secondary N) is 1. The lowest BCUT2D eigenvalue weighted by Crippen LogP contribution is -2.62. The summed E-state index contributed by atoms with van der Waals surface area (Å²) in [6, 6.07) is 8.72. The first-order chi connectivity index (χ1) is 13.4. The summed E-state index contributed by atoms with van der Waals surface area (Å²) in [7, 11) is 3.10. The fourth-order valence-electron chi connectivity index (χ4n) is 3.06. The second kappa shape index (κ2) is 7.75. The topological polar surface area (TPSA) is 90.0 Å². The molecule has 0 saturated heterocycles. The molecule has 1 aromatic heterocycles. The lowest BCUT2D eigenvalue weighted by molar-refractivity contribution is -0.148. The predicted octanol–water partition coefficient (Wildman–Crippen LogP) is 1.92. The number of rotatable bonds is 6. The van der Waals surface area contributed by atoms with Crippen LogP contribution in [0.4, 0.5) is 5.82 Å². The number of aromatic nitrogens is 1. The van der Waals surface area contributed by atoms with Crippen molar-refractivity contribution in [2.24, 2.45) is 0 Å². The molecule has 0 spiro atoms. The number of anilines is 1. The second-order valence-electron chi connectivity index (χ2n) is 6.38. The van der Waals surface area contributed by atoms with E-state index in [-0.39, 0.29) is 6.54 Å². The largest absolute Gasteiger partial charge is 0.493 e. The summed E-state index contributed by atoms with van der Waals surface area (Å²) in [6.45, 7) is 3.88. The molecule has 2 heterocycles. The normalized spacial score (nSPS) is 18.1. The smallest absolute Gasteiger partial charge is 0.282 e. The van der Waals surface area contributed by atoms with Crippen molar-refractivity contribution in [1.29, 1.82) is 0 Å². The molecule has 8 heteroatoms. The van der Waals surface area contributed by atoms with Gasteiger partial charge >= 0.3 is 0 Å². The van der Waals surface area contributed by atoms with Crippen molar-refractivity contribution in [2.75, 3.05) is 25.7 Å². The molecule has 1 aromatic carbocycles. The van der Waals surface area contributed by atoms with Crippen LogP contribution in [0.5, 0.6) is 17.2 Å². The van der Waals surface area contributed by atoms with E-state index >= 15 is 0 Å². The Morgan fingerprint density at radius 1 is 1.25 bits per heavy atom. The number of hydrogen-bond donors (Lipinski definition) is 1. The zero-order chi connectivity index (χ0) is 20.3. The number of amides is 2. The van der Waals surface area contributed by atoms with E-state index in [0.29, 0.717) is 29.6 Å². The van der Waals surface area contributed by atoms with Gasteiger partial charge in [-0.3, -0.25) is 14.5 Å². The Morgan fingerprint density at radius 3 is 2.68 bits per heavy atom. The first kappa shape index (κ1) is 19.5. The number of carbonyl (C=O) groups is 2. The highest BCUT2D eigenvalue weighted by atomic mass is 16.5. The Labute approximate surface area is 163 Å². The summed E-state index contributed by atoms with van der Waals surface area (Å²) in [5.41, 5.74) is -0.880. The van der Waals surface area contributed by atoms with Crippen LogP contribution < -0.4 is 24.4 Å². The van der Waals surface area contributed by atoms with Gasteiger partial charge in [0.25, 0.3) is 17.4 Å². The molecule has 8 nitrogen and oxygen atoms in total. The van der Waals surface area contributed by atoms with Crippen LogP contribution >= 0.6 is 0 Å². The maximum Gasteiger partial charge on any atom is 0.282 e. The Hall–Kier alpha value is -3.29. The van der Waals surface area contributed by atoms with E-state index in [4.69, 9.17) is 14.2 Å². The number of benzene rings is 1. The number of ether oxygens (including phenoxy) is 3. The molecule has 0 aliphatic carbocycles. The number of fused-ring (bicyclic) bond motifs is 1. The van der Waals surface area contributed by atoms with Crippen LogP contribution in [-0.4, -0.2) is 43.2 Å². The summed E-state index contributed by atoms with van der Waals surface area (Å²) < 4.78 is 16.3. The highest BCUT2D eigenvalue weighted by Gasteiger charge is 2.50. The molecule has 0 fully saturated rings. The second-order valence-corrected chi connectivity index (χ2v) is 6.38. The molecule has 3 rings (SSSR count). The van der Waals surface area contributed by atoms with Crippen LogP contribution in [0.15, 0.2) is 36.5 Å². The average molecular weight is 385 g/mol. The highest BCUT2D eigenvalue weighted by molar-refractivity contribution is 6.16. The van der Waals surface area contributed by atoms with Gasteiger partial charge in [0.1, 0.15) is 0 Å². The molecule has 0 saturated carbocycles. The lowest BCUT2D eigenvalue weighted by Gasteiger charge is -2.38. The van der Waals surface area contributed by atoms with E-state index in [1.807, 2.05) is 13.0 Å². The maximum atomic E-state index is 12.9. The molecular formula is C20H23N3O5. The van der Waals surface area contributed by atoms with Crippen molar-refractivity contribution in [1.82, 2.24) is 10.3 Å². The zero-order valence-electron chi connectivity index (χ0n) is 16.3. The van der Waals surface area contributed by atoms with Crippen molar-refractivity contribution < 1.29 is 23.8 Å². The number of hydrogen-bond acceptors (Lipinski definition) is 6. The summed E-state index contributed by atoms with van der Waals surface area (Å²) in [5.74, 6) is 0.986. The van der Waals surface area contributed by atoms with Gasteiger partial charge in [0.05, 0.1) is 14.2 Å². The van der Waals surface area contributed by atoms with E-state index in [2.05, 4.69) is 10.3 Å². The summed E-state index contributed by atoms with van der Waals surface area (Å²) in [6.07, 6.45) is 1.58. The third-order valence-electron chi connectivity index (χ3n) is 4.62. The highest BCUT2D eigenvalue weighted by Crippen LogP contribution is 2.36. The van der Waals surface area contributed by atoms with Crippen LogP contribution in [0.1, 0.15) is 19.4 Å². The Bertz CT molecular complexity index is 901. The van der Waals surface area contributed by atoms with E-state index in [1.54, 1.807) is 44.7 Å². The van der Waals surface area contributed by atoms with Crippen LogP contribution in [-0.2, 0) is 16.1 Å². The molecule has 1 aliphatic heterocycles. The Balaban J connectivity index is 1.79. The first-order valence-corrected chi connectivity index (χ1v) is 8.89. The molecule has 1 aliphatic rings. The number of carbonyl (C=O) groups excluding carboxylic acids is 2. The molecule has 1 N–H and O–H groups in total. The van der Waals surface area contributed by atoms with Crippen molar-refractivity contribution in [3.05, 3.63) is 42.1 Å². The van der Waals surface area contributed by atoms with Crippen LogP contribution in [0.3, 0.4) is 0 Å². The van der Waals surface area contributed by atoms with Gasteiger partial charge in [-0.05, 0) is 43.7 Å². The van der Waals surface area contributed by atoms with Crippen molar-refractivity contribution in [3.63, 3.8) is 0 Å². The lowest BCUT2D eigenvalue weighted by atomic mass is 10.0. The zero-order valence-corrected chi connectivity index (χ0v) is 16.3. The Morgan fingerprint density at radius 2 is 2.00 bits per heavy atom. The summed E-state index contributed by atoms with van der Waals surface area (Å²) >= 11 is 0. The van der Waals surface area contributed by atoms with Crippen LogP contribution in [0.25, 0.3) is 0 Å². The number of methoxy groups -OCH3 is 2. The minimum atomic E-state index is -1.68. The van der Waals surface area contributed by atoms with Gasteiger partial charge in [-0.25, -0.2) is 4.98 Å². The number of likely N-dealkylation sites (N-methyl/N-ethyl adjacent to an activating group) is 1. The van der Waals surface area contributed by atoms with Crippen molar-refractivity contribution >= 4 is 17.6 Å². The third-order valence-corrected chi connectivity index (χ3v) is 4.62. The van der Waals surface area contributed by atoms with Gasteiger partial charge in [0.15, 0.2) is 23.1 Å². The monoisotopic (exact) mass is 385 g/mol. The van der Waals surface area contributed by atoms with Crippen molar-refractivity contribution in [3.8, 4) is 17.2 Å². The summed E-state index contributed by atoms with van der Waals surface area (Å²) in [4.78, 5) is 31.5. The van der Waals surface area contributed by atoms with Crippen molar-refractivity contribution in [2.45, 2.75) is 26.0 Å². The quantitative estimate of drug-likeness (QED) is 0.764. The summed E-state index contributed by atoms with van der Waals surface area (Å²) in [5, 5.41) is 2.78. The average Bonchev–Trinajstić information content (AvgIpc) is 2.72. The molecule has 148 valence electrons. The predicted molar refractivity (Wildman–Crippen MR) is 103 cm³/mol. The number of pyridine rings is 1. The molecule has 2 amide bonds. The molecule has 0 radical (unpaired) electrons. The van der Waals surface area contributed by atoms with Gasteiger partial charge in [-0.1, -0.05) is 6.07 Å². The van der Waals surface area contributed by atoms with E-state index in [9.17, 15) is 9.59 Å². The van der Waals surface area contributed by atoms with E-state index in [0.717, 1.165) is 5.56 Å². The van der Waals surface area contributed by atoms with Crippen LogP contribution in [0.2, 0.25) is 0 Å². The molecule has 0 bridgehead atoms. The fourth-order valence-corrected chi connectivity index (χ4v) is 3.06. The van der Waals surface area contributed by atoms with Gasteiger partial charge in [0, 0.05) is 19.3 Å². The van der Waals surface area contributed by atoms with Gasteiger partial charge < -0.3 is 19.5 Å². The minimum absolute atomic E-state index is 0.206. The van der Waals surface area contributed by atoms with Gasteiger partial charge in [-0.15, -0.1) is 0 Å². The third kappa shape index (κ3) is 3.33. The van der Waals surface area contributed by atoms with E-state index < -0.39 is 17.4 Å². The van der Waals surface area contributed by atoms with E-state index in [1.165, 1.54) is 11.8 Å². The number of nitrogens with zero attached hydrogens (tertiary/aromatic N) is 2. The molecule has 1 atom stereocenters. The minimum Gasteiger partial charge on any atom is -0.493 e. The van der Waals surface area contributed by atoms with Gasteiger partial charge in [-0.2, -0.15) is 0 Å². The molecular weight excluding hydrogens is 362 g/mol. The molecule has 0 unspecified atom stereocenters. The molecule has 2 aromatic rings. The van der Waals surface area contributed by atoms with Gasteiger partial charge in [0.2, 0.25) is 0 Å². The fraction of sp³-hybridized carbons (Fsp3) is 0.350. The first-order valence-electron chi connectivity index (χ1n) is 8.89. The van der Waals surface area contributed by atoms with Crippen LogP contribution in [0, 0.1) is 0 Å².